The van der Waals surface area contributed by atoms with Gasteiger partial charge in [0.2, 0.25) is 0 Å². The standard InChI is InChI=1S/C19H33N/c1-13-2-4-17(5-3-13)18(20)12-19-9-14-6-15(10-19)8-16(7-14)11-19/h13-18H,2-12,20H2,1H3. The van der Waals surface area contributed by atoms with Gasteiger partial charge in [-0.15, -0.1) is 0 Å². The predicted octanol–water partition coefficient (Wildman–Crippen LogP) is 4.75. The number of hydrogen-bond donors (Lipinski definition) is 1. The molecule has 1 unspecified atom stereocenters. The van der Waals surface area contributed by atoms with Gasteiger partial charge in [-0.1, -0.05) is 19.8 Å². The molecule has 1 nitrogen and oxygen atoms in total. The van der Waals surface area contributed by atoms with Crippen molar-refractivity contribution in [3.05, 3.63) is 0 Å². The fraction of sp³-hybridized carbons (Fsp3) is 1.00. The molecular formula is C19H33N. The summed E-state index contributed by atoms with van der Waals surface area (Å²) in [6, 6.07) is 0.513. The average Bonchev–Trinajstić information content (AvgIpc) is 2.37. The van der Waals surface area contributed by atoms with Crippen molar-refractivity contribution in [2.75, 3.05) is 0 Å². The van der Waals surface area contributed by atoms with Gasteiger partial charge in [-0.2, -0.15) is 0 Å². The number of hydrogen-bond acceptors (Lipinski definition) is 1. The molecule has 20 heavy (non-hydrogen) atoms. The molecule has 5 aliphatic carbocycles. The van der Waals surface area contributed by atoms with Gasteiger partial charge in [0.05, 0.1) is 0 Å². The fourth-order valence-corrected chi connectivity index (χ4v) is 6.92. The lowest BCUT2D eigenvalue weighted by atomic mass is 9.48. The summed E-state index contributed by atoms with van der Waals surface area (Å²) in [4.78, 5) is 0. The summed E-state index contributed by atoms with van der Waals surface area (Å²) in [6.45, 7) is 2.42. The largest absolute Gasteiger partial charge is 0.327 e. The zero-order chi connectivity index (χ0) is 13.7. The third kappa shape index (κ3) is 2.45. The van der Waals surface area contributed by atoms with Gasteiger partial charge < -0.3 is 5.73 Å². The monoisotopic (exact) mass is 275 g/mol. The summed E-state index contributed by atoms with van der Waals surface area (Å²) in [7, 11) is 0. The first kappa shape index (κ1) is 13.6. The minimum Gasteiger partial charge on any atom is -0.327 e. The molecule has 1 atom stereocenters. The Labute approximate surface area is 125 Å². The summed E-state index contributed by atoms with van der Waals surface area (Å²) in [6.07, 6.45) is 16.4. The molecule has 0 amide bonds. The van der Waals surface area contributed by atoms with Crippen LogP contribution >= 0.6 is 0 Å². The van der Waals surface area contributed by atoms with E-state index in [2.05, 4.69) is 6.92 Å². The first-order valence-corrected chi connectivity index (χ1v) is 9.37. The molecule has 0 aliphatic heterocycles. The first-order chi connectivity index (χ1) is 9.62. The van der Waals surface area contributed by atoms with Crippen LogP contribution in [0.3, 0.4) is 0 Å². The molecule has 0 aromatic heterocycles. The molecule has 1 heteroatoms. The van der Waals surface area contributed by atoms with Crippen molar-refractivity contribution in [2.45, 2.75) is 83.6 Å². The molecule has 0 aromatic rings. The predicted molar refractivity (Wildman–Crippen MR) is 84.3 cm³/mol. The molecule has 0 radical (unpaired) electrons. The summed E-state index contributed by atoms with van der Waals surface area (Å²) in [5.41, 5.74) is 7.41. The molecule has 0 heterocycles. The highest BCUT2D eigenvalue weighted by atomic mass is 14.7. The molecule has 2 N–H and O–H groups in total. The van der Waals surface area contributed by atoms with Crippen LogP contribution in [0.15, 0.2) is 0 Å². The van der Waals surface area contributed by atoms with Gasteiger partial charge in [0.1, 0.15) is 0 Å². The topological polar surface area (TPSA) is 26.0 Å². The molecule has 4 bridgehead atoms. The highest BCUT2D eigenvalue weighted by molar-refractivity contribution is 5.03. The van der Waals surface area contributed by atoms with Crippen molar-refractivity contribution in [2.24, 2.45) is 40.7 Å². The minimum atomic E-state index is 0.513. The summed E-state index contributed by atoms with van der Waals surface area (Å²) < 4.78 is 0. The maximum atomic E-state index is 6.72. The second-order valence-electron chi connectivity index (χ2n) is 9.31. The van der Waals surface area contributed by atoms with E-state index in [1.807, 2.05) is 0 Å². The second-order valence-corrected chi connectivity index (χ2v) is 9.31. The van der Waals surface area contributed by atoms with E-state index >= 15 is 0 Å². The van der Waals surface area contributed by atoms with Crippen LogP contribution in [0.5, 0.6) is 0 Å². The average molecular weight is 275 g/mol. The molecule has 5 fully saturated rings. The number of nitrogens with two attached hydrogens (primary N) is 1. The fourth-order valence-electron chi connectivity index (χ4n) is 6.92. The van der Waals surface area contributed by atoms with Gasteiger partial charge >= 0.3 is 0 Å². The Balaban J connectivity index is 1.41. The first-order valence-electron chi connectivity index (χ1n) is 9.37. The van der Waals surface area contributed by atoms with Crippen molar-refractivity contribution in [3.63, 3.8) is 0 Å². The summed E-state index contributed by atoms with van der Waals surface area (Å²) in [5.74, 6) is 5.05. The normalized spacial score (nSPS) is 52.2. The minimum absolute atomic E-state index is 0.513. The third-order valence-corrected chi connectivity index (χ3v) is 7.50. The van der Waals surface area contributed by atoms with Crippen molar-refractivity contribution in [1.82, 2.24) is 0 Å². The van der Waals surface area contributed by atoms with E-state index in [4.69, 9.17) is 5.73 Å². The summed E-state index contributed by atoms with van der Waals surface area (Å²) >= 11 is 0. The van der Waals surface area contributed by atoms with Gasteiger partial charge in [0, 0.05) is 6.04 Å². The van der Waals surface area contributed by atoms with E-state index in [0.29, 0.717) is 11.5 Å². The lowest BCUT2D eigenvalue weighted by Gasteiger charge is -2.58. The second kappa shape index (κ2) is 5.00. The van der Waals surface area contributed by atoms with E-state index in [1.54, 1.807) is 19.3 Å². The summed E-state index contributed by atoms with van der Waals surface area (Å²) in [5, 5.41) is 0. The van der Waals surface area contributed by atoms with Crippen LogP contribution in [0.2, 0.25) is 0 Å². The van der Waals surface area contributed by atoms with Crippen molar-refractivity contribution in [3.8, 4) is 0 Å². The zero-order valence-corrected chi connectivity index (χ0v) is 13.3. The van der Waals surface area contributed by atoms with Gasteiger partial charge in [-0.05, 0) is 92.8 Å². The highest BCUT2D eigenvalue weighted by Crippen LogP contribution is 2.61. The zero-order valence-electron chi connectivity index (χ0n) is 13.3. The maximum absolute atomic E-state index is 6.72. The van der Waals surface area contributed by atoms with Gasteiger partial charge in [0.15, 0.2) is 0 Å². The van der Waals surface area contributed by atoms with Gasteiger partial charge in [-0.25, -0.2) is 0 Å². The van der Waals surface area contributed by atoms with E-state index in [-0.39, 0.29) is 0 Å². The molecule has 0 aromatic carbocycles. The smallest absolute Gasteiger partial charge is 0.00724 e. The van der Waals surface area contributed by atoms with Crippen molar-refractivity contribution < 1.29 is 0 Å². The van der Waals surface area contributed by atoms with E-state index in [9.17, 15) is 0 Å². The highest BCUT2D eigenvalue weighted by Gasteiger charge is 2.51. The lowest BCUT2D eigenvalue weighted by Crippen LogP contribution is -2.49. The molecule has 5 rings (SSSR count). The third-order valence-electron chi connectivity index (χ3n) is 7.50. The van der Waals surface area contributed by atoms with Crippen LogP contribution in [-0.4, -0.2) is 6.04 Å². The Morgan fingerprint density at radius 1 is 0.900 bits per heavy atom. The molecule has 5 saturated carbocycles. The lowest BCUT2D eigenvalue weighted by molar-refractivity contribution is -0.0637. The Morgan fingerprint density at radius 3 is 1.90 bits per heavy atom. The van der Waals surface area contributed by atoms with Crippen LogP contribution in [0, 0.1) is 35.0 Å². The van der Waals surface area contributed by atoms with Gasteiger partial charge in [0.25, 0.3) is 0 Å². The van der Waals surface area contributed by atoms with Crippen LogP contribution in [-0.2, 0) is 0 Å². The van der Waals surface area contributed by atoms with Crippen LogP contribution in [0.1, 0.15) is 77.6 Å². The quantitative estimate of drug-likeness (QED) is 0.790. The molecule has 5 aliphatic rings. The Morgan fingerprint density at radius 2 is 1.40 bits per heavy atom. The Kier molecular flexibility index (Phi) is 3.41. The number of rotatable bonds is 3. The van der Waals surface area contributed by atoms with Crippen LogP contribution in [0.25, 0.3) is 0 Å². The van der Waals surface area contributed by atoms with E-state index < -0.39 is 0 Å². The maximum Gasteiger partial charge on any atom is 0.00724 e. The molecular weight excluding hydrogens is 242 g/mol. The van der Waals surface area contributed by atoms with E-state index in [1.165, 1.54) is 51.4 Å². The Bertz CT molecular complexity index is 317. The van der Waals surface area contributed by atoms with Crippen LogP contribution in [0.4, 0.5) is 0 Å². The van der Waals surface area contributed by atoms with Gasteiger partial charge in [-0.3, -0.25) is 0 Å². The Hall–Kier alpha value is -0.0400. The molecule has 0 spiro atoms. The van der Waals surface area contributed by atoms with Crippen LogP contribution < -0.4 is 5.73 Å². The van der Waals surface area contributed by atoms with Crippen molar-refractivity contribution in [1.29, 1.82) is 0 Å². The van der Waals surface area contributed by atoms with E-state index in [0.717, 1.165) is 29.6 Å². The molecule has 114 valence electrons. The SMILES string of the molecule is CC1CCC(C(N)CC23CC4CC(CC(C4)C2)C3)CC1. The molecule has 0 saturated heterocycles. The van der Waals surface area contributed by atoms with Crippen molar-refractivity contribution >= 4 is 0 Å².